The maximum Gasteiger partial charge on any atom is 0.0457 e. The number of nitrogens with one attached hydrogen (secondary N) is 1. The summed E-state index contributed by atoms with van der Waals surface area (Å²) in [5.74, 6) is 0.767. The summed E-state index contributed by atoms with van der Waals surface area (Å²) in [6, 6.07) is 8.29. The Morgan fingerprint density at radius 1 is 1.21 bits per heavy atom. The quantitative estimate of drug-likeness (QED) is 0.660. The van der Waals surface area contributed by atoms with E-state index in [0.717, 1.165) is 11.6 Å². The number of hydrogen-bond acceptors (Lipinski definition) is 1. The smallest absolute Gasteiger partial charge is 0.0457 e. The highest BCUT2D eigenvalue weighted by Gasteiger charge is 2.20. The van der Waals surface area contributed by atoms with Crippen molar-refractivity contribution in [2.45, 2.75) is 25.2 Å². The Morgan fingerprint density at radius 3 is 2.79 bits per heavy atom. The predicted octanol–water partition coefficient (Wildman–Crippen LogP) is 3.02. The van der Waals surface area contributed by atoms with E-state index in [1.54, 1.807) is 0 Å². The lowest BCUT2D eigenvalue weighted by atomic mass is 9.83. The van der Waals surface area contributed by atoms with Crippen LogP contribution in [0.15, 0.2) is 24.3 Å². The van der Waals surface area contributed by atoms with E-state index >= 15 is 0 Å². The van der Waals surface area contributed by atoms with E-state index < -0.39 is 0 Å². The fourth-order valence-electron chi connectivity index (χ4n) is 2.11. The van der Waals surface area contributed by atoms with Crippen molar-refractivity contribution in [3.05, 3.63) is 30.0 Å². The van der Waals surface area contributed by atoms with Crippen molar-refractivity contribution >= 4 is 16.6 Å². The van der Waals surface area contributed by atoms with Gasteiger partial charge in [0.2, 0.25) is 0 Å². The summed E-state index contributed by atoms with van der Waals surface area (Å²) in [6.45, 7) is 0. The van der Waals surface area contributed by atoms with Gasteiger partial charge in [-0.15, -0.1) is 0 Å². The van der Waals surface area contributed by atoms with Crippen LogP contribution in [0.2, 0.25) is 0 Å². The second kappa shape index (κ2) is 2.77. The summed E-state index contributed by atoms with van der Waals surface area (Å²) in [7, 11) is 0. The van der Waals surface area contributed by atoms with E-state index in [4.69, 9.17) is 5.73 Å². The lowest BCUT2D eigenvalue weighted by Gasteiger charge is -2.23. The Hall–Kier alpha value is -1.44. The minimum absolute atomic E-state index is 0.767. The zero-order valence-electron chi connectivity index (χ0n) is 8.09. The molecule has 1 aliphatic carbocycles. The number of H-pyrrole nitrogens is 1. The molecule has 1 aromatic heterocycles. The molecule has 72 valence electrons. The average molecular weight is 186 g/mol. The first kappa shape index (κ1) is 7.92. The van der Waals surface area contributed by atoms with Gasteiger partial charge in [0.05, 0.1) is 0 Å². The van der Waals surface area contributed by atoms with Gasteiger partial charge in [0.15, 0.2) is 0 Å². The average Bonchev–Trinajstić information content (AvgIpc) is 2.43. The van der Waals surface area contributed by atoms with Crippen LogP contribution in [-0.2, 0) is 0 Å². The Labute approximate surface area is 83.1 Å². The van der Waals surface area contributed by atoms with Crippen LogP contribution in [0, 0.1) is 0 Å². The van der Waals surface area contributed by atoms with E-state index in [2.05, 4.69) is 17.1 Å². The molecule has 0 atom stereocenters. The normalized spacial score (nSPS) is 17.1. The molecule has 0 unspecified atom stereocenters. The number of nitrogen functional groups attached to an aromatic ring is 1. The number of hydrogen-bond donors (Lipinski definition) is 2. The molecule has 0 bridgehead atoms. The number of rotatable bonds is 1. The van der Waals surface area contributed by atoms with Gasteiger partial charge >= 0.3 is 0 Å². The van der Waals surface area contributed by atoms with Gasteiger partial charge in [-0.25, -0.2) is 0 Å². The maximum absolute atomic E-state index is 5.74. The van der Waals surface area contributed by atoms with Gasteiger partial charge < -0.3 is 10.7 Å². The molecule has 3 rings (SSSR count). The minimum atomic E-state index is 0.767. The molecule has 1 aromatic carbocycles. The van der Waals surface area contributed by atoms with Crippen LogP contribution in [0.4, 0.5) is 5.69 Å². The molecule has 0 radical (unpaired) electrons. The number of fused-ring (bicyclic) bond motifs is 1. The van der Waals surface area contributed by atoms with Gasteiger partial charge in [0.1, 0.15) is 0 Å². The van der Waals surface area contributed by atoms with Crippen LogP contribution in [0.1, 0.15) is 30.9 Å². The number of benzene rings is 1. The highest BCUT2D eigenvalue weighted by Crippen LogP contribution is 2.37. The monoisotopic (exact) mass is 186 g/mol. The van der Waals surface area contributed by atoms with Crippen LogP contribution in [0.25, 0.3) is 10.9 Å². The van der Waals surface area contributed by atoms with Gasteiger partial charge in [0, 0.05) is 22.3 Å². The topological polar surface area (TPSA) is 41.8 Å². The van der Waals surface area contributed by atoms with Gasteiger partial charge in [-0.3, -0.25) is 0 Å². The third kappa shape index (κ3) is 1.10. The third-order valence-corrected chi connectivity index (χ3v) is 3.21. The predicted molar refractivity (Wildman–Crippen MR) is 59.3 cm³/mol. The van der Waals surface area contributed by atoms with E-state index in [1.165, 1.54) is 35.9 Å². The lowest BCUT2D eigenvalue weighted by molar-refractivity contribution is 0.413. The molecule has 1 heterocycles. The van der Waals surface area contributed by atoms with Gasteiger partial charge in [-0.1, -0.05) is 6.42 Å². The van der Waals surface area contributed by atoms with Gasteiger partial charge in [-0.2, -0.15) is 0 Å². The molecule has 1 fully saturated rings. The van der Waals surface area contributed by atoms with Crippen molar-refractivity contribution < 1.29 is 0 Å². The first-order chi connectivity index (χ1) is 6.83. The minimum Gasteiger partial charge on any atom is -0.399 e. The molecule has 0 amide bonds. The first-order valence-corrected chi connectivity index (χ1v) is 5.21. The molecule has 2 aromatic rings. The van der Waals surface area contributed by atoms with Crippen molar-refractivity contribution in [2.24, 2.45) is 0 Å². The van der Waals surface area contributed by atoms with Crippen molar-refractivity contribution in [3.63, 3.8) is 0 Å². The standard InChI is InChI=1S/C12H14N2/c13-10-4-5-11-9(6-10)7-12(14-11)8-2-1-3-8/h4-8,14H,1-3,13H2. The van der Waals surface area contributed by atoms with Crippen LogP contribution < -0.4 is 5.73 Å². The van der Waals surface area contributed by atoms with E-state index in [9.17, 15) is 0 Å². The summed E-state index contributed by atoms with van der Waals surface area (Å²) >= 11 is 0. The fourth-order valence-corrected chi connectivity index (χ4v) is 2.11. The molecule has 2 heteroatoms. The zero-order chi connectivity index (χ0) is 9.54. The number of aromatic nitrogens is 1. The fraction of sp³-hybridized carbons (Fsp3) is 0.333. The zero-order valence-corrected chi connectivity index (χ0v) is 8.09. The molecular weight excluding hydrogens is 172 g/mol. The molecule has 14 heavy (non-hydrogen) atoms. The van der Waals surface area contributed by atoms with Gasteiger partial charge in [-0.05, 0) is 43.0 Å². The Balaban J connectivity index is 2.10. The molecule has 3 N–H and O–H groups in total. The van der Waals surface area contributed by atoms with Crippen molar-refractivity contribution in [2.75, 3.05) is 5.73 Å². The first-order valence-electron chi connectivity index (χ1n) is 5.21. The molecule has 0 aliphatic heterocycles. The summed E-state index contributed by atoms with van der Waals surface area (Å²) in [5, 5.41) is 1.24. The van der Waals surface area contributed by atoms with Crippen LogP contribution in [-0.4, -0.2) is 4.98 Å². The third-order valence-electron chi connectivity index (χ3n) is 3.21. The molecule has 1 aliphatic rings. The van der Waals surface area contributed by atoms with E-state index in [1.807, 2.05) is 12.1 Å². The maximum atomic E-state index is 5.74. The van der Waals surface area contributed by atoms with Crippen molar-refractivity contribution in [1.29, 1.82) is 0 Å². The van der Waals surface area contributed by atoms with Gasteiger partial charge in [0.25, 0.3) is 0 Å². The highest BCUT2D eigenvalue weighted by molar-refractivity contribution is 5.83. The second-order valence-electron chi connectivity index (χ2n) is 4.20. The van der Waals surface area contributed by atoms with Crippen LogP contribution >= 0.6 is 0 Å². The van der Waals surface area contributed by atoms with Crippen LogP contribution in [0.5, 0.6) is 0 Å². The summed E-state index contributed by atoms with van der Waals surface area (Å²) < 4.78 is 0. The SMILES string of the molecule is Nc1ccc2[nH]c(C3CCC3)cc2c1. The van der Waals surface area contributed by atoms with E-state index in [-0.39, 0.29) is 0 Å². The van der Waals surface area contributed by atoms with Crippen LogP contribution in [0.3, 0.4) is 0 Å². The Kier molecular flexibility index (Phi) is 1.57. The molecular formula is C12H14N2. The largest absolute Gasteiger partial charge is 0.399 e. The van der Waals surface area contributed by atoms with Crippen molar-refractivity contribution in [1.82, 2.24) is 4.98 Å². The molecule has 0 saturated heterocycles. The second-order valence-corrected chi connectivity index (χ2v) is 4.20. The lowest BCUT2D eigenvalue weighted by Crippen LogP contribution is -2.08. The summed E-state index contributed by atoms with van der Waals surface area (Å²) in [5.41, 5.74) is 9.18. The molecule has 1 saturated carbocycles. The summed E-state index contributed by atoms with van der Waals surface area (Å²) in [6.07, 6.45) is 4.05. The highest BCUT2D eigenvalue weighted by atomic mass is 14.7. The van der Waals surface area contributed by atoms with E-state index in [0.29, 0.717) is 0 Å². The Bertz CT molecular complexity index is 466. The number of aromatic amines is 1. The number of nitrogens with two attached hydrogens (primary N) is 1. The molecule has 0 spiro atoms. The summed E-state index contributed by atoms with van der Waals surface area (Å²) in [4.78, 5) is 3.47. The van der Waals surface area contributed by atoms with Crippen molar-refractivity contribution in [3.8, 4) is 0 Å². The Morgan fingerprint density at radius 2 is 2.07 bits per heavy atom. The number of anilines is 1. The molecule has 2 nitrogen and oxygen atoms in total.